The van der Waals surface area contributed by atoms with Gasteiger partial charge in [-0.25, -0.2) is 4.79 Å². The van der Waals surface area contributed by atoms with Gasteiger partial charge in [-0.2, -0.15) is 0 Å². The Labute approximate surface area is 150 Å². The van der Waals surface area contributed by atoms with Gasteiger partial charge in [0.15, 0.2) is 0 Å². The summed E-state index contributed by atoms with van der Waals surface area (Å²) >= 11 is 0. The number of carbonyl (C=O) groups is 1. The van der Waals surface area contributed by atoms with E-state index in [0.29, 0.717) is 32.2 Å². The first-order chi connectivity index (χ1) is 11.6. The maximum atomic E-state index is 12.7. The van der Waals surface area contributed by atoms with E-state index in [9.17, 15) is 9.90 Å². The number of piperidine rings is 1. The fraction of sp³-hybridized carbons (Fsp3) is 0.650. The van der Waals surface area contributed by atoms with Crippen molar-refractivity contribution in [3.8, 4) is 0 Å². The number of aryl methyl sites for hydroxylation is 1. The number of nitrogens with zero attached hydrogens (tertiary/aromatic N) is 1. The van der Waals surface area contributed by atoms with Crippen molar-refractivity contribution in [2.45, 2.75) is 70.6 Å². The van der Waals surface area contributed by atoms with Gasteiger partial charge in [-0.15, -0.1) is 0 Å². The first kappa shape index (κ1) is 19.7. The van der Waals surface area contributed by atoms with Gasteiger partial charge in [0, 0.05) is 19.6 Å². The molecule has 1 unspecified atom stereocenters. The second kappa shape index (κ2) is 7.75. The molecule has 5 nitrogen and oxygen atoms in total. The third kappa shape index (κ3) is 5.44. The number of carbonyl (C=O) groups excluding carboxylic acids is 1. The number of benzene rings is 1. The Morgan fingerprint density at radius 1 is 1.32 bits per heavy atom. The van der Waals surface area contributed by atoms with E-state index >= 15 is 0 Å². The monoisotopic (exact) mass is 349 g/mol. The SMILES string of the molecule is Cc1ccc([C@@H]2CC(O)(CCCO)CCN2C(=O)OC(C)(C)C)cc1. The van der Waals surface area contributed by atoms with Crippen molar-refractivity contribution in [1.29, 1.82) is 0 Å². The predicted molar refractivity (Wildman–Crippen MR) is 97.4 cm³/mol. The Hall–Kier alpha value is -1.59. The molecule has 2 atom stereocenters. The Bertz CT molecular complexity index is 578. The third-order valence-corrected chi connectivity index (χ3v) is 4.66. The maximum absolute atomic E-state index is 12.7. The highest BCUT2D eigenvalue weighted by Crippen LogP contribution is 2.39. The topological polar surface area (TPSA) is 70.0 Å². The number of ether oxygens (including phenoxy) is 1. The zero-order valence-electron chi connectivity index (χ0n) is 15.8. The number of hydrogen-bond acceptors (Lipinski definition) is 4. The molecule has 1 amide bonds. The Morgan fingerprint density at radius 3 is 2.52 bits per heavy atom. The summed E-state index contributed by atoms with van der Waals surface area (Å²) in [5.41, 5.74) is 0.730. The molecular weight excluding hydrogens is 318 g/mol. The van der Waals surface area contributed by atoms with Crippen LogP contribution >= 0.6 is 0 Å². The Balaban J connectivity index is 2.25. The first-order valence-corrected chi connectivity index (χ1v) is 9.03. The van der Waals surface area contributed by atoms with Crippen LogP contribution in [-0.2, 0) is 4.74 Å². The number of aliphatic hydroxyl groups excluding tert-OH is 1. The number of hydrogen-bond donors (Lipinski definition) is 2. The first-order valence-electron chi connectivity index (χ1n) is 9.03. The molecule has 0 aliphatic carbocycles. The molecule has 0 spiro atoms. The highest BCUT2D eigenvalue weighted by atomic mass is 16.6. The number of rotatable bonds is 4. The molecule has 140 valence electrons. The van der Waals surface area contributed by atoms with Gasteiger partial charge in [0.2, 0.25) is 0 Å². The Morgan fingerprint density at radius 2 is 1.96 bits per heavy atom. The average Bonchev–Trinajstić information content (AvgIpc) is 2.52. The Kier molecular flexibility index (Phi) is 6.12. The third-order valence-electron chi connectivity index (χ3n) is 4.66. The second-order valence-electron chi connectivity index (χ2n) is 8.11. The summed E-state index contributed by atoms with van der Waals surface area (Å²) in [4.78, 5) is 14.4. The predicted octanol–water partition coefficient (Wildman–Crippen LogP) is 3.57. The van der Waals surface area contributed by atoms with Crippen LogP contribution in [0.1, 0.15) is 63.6 Å². The normalized spacial score (nSPS) is 24.2. The van der Waals surface area contributed by atoms with Crippen LogP contribution in [0.3, 0.4) is 0 Å². The summed E-state index contributed by atoms with van der Waals surface area (Å²) in [5, 5.41) is 20.0. The molecule has 2 N–H and O–H groups in total. The molecule has 0 radical (unpaired) electrons. The molecule has 1 heterocycles. The maximum Gasteiger partial charge on any atom is 0.410 e. The van der Waals surface area contributed by atoms with Gasteiger partial charge in [-0.05, 0) is 52.5 Å². The molecule has 1 fully saturated rings. The van der Waals surface area contributed by atoms with Crippen LogP contribution in [0.5, 0.6) is 0 Å². The summed E-state index contributed by atoms with van der Waals surface area (Å²) in [6, 6.07) is 7.83. The zero-order chi connectivity index (χ0) is 18.7. The summed E-state index contributed by atoms with van der Waals surface area (Å²) in [6.07, 6.45) is 1.70. The van der Waals surface area contributed by atoms with Crippen LogP contribution in [0, 0.1) is 6.92 Å². The van der Waals surface area contributed by atoms with Gasteiger partial charge in [0.05, 0.1) is 11.6 Å². The van der Waals surface area contributed by atoms with E-state index in [1.54, 1.807) is 4.90 Å². The minimum atomic E-state index is -0.864. The smallest absolute Gasteiger partial charge is 0.410 e. The van der Waals surface area contributed by atoms with E-state index in [0.717, 1.165) is 11.1 Å². The van der Waals surface area contributed by atoms with Gasteiger partial charge in [-0.1, -0.05) is 29.8 Å². The van der Waals surface area contributed by atoms with E-state index in [-0.39, 0.29) is 18.7 Å². The summed E-state index contributed by atoms with van der Waals surface area (Å²) in [6.45, 7) is 8.09. The number of likely N-dealkylation sites (tertiary alicyclic amines) is 1. The molecule has 1 aromatic rings. The van der Waals surface area contributed by atoms with E-state index in [1.165, 1.54) is 0 Å². The molecule has 0 aromatic heterocycles. The number of amides is 1. The fourth-order valence-electron chi connectivity index (χ4n) is 3.32. The highest BCUT2D eigenvalue weighted by Gasteiger charge is 2.41. The molecule has 0 bridgehead atoms. The van der Waals surface area contributed by atoms with Crippen molar-refractivity contribution >= 4 is 6.09 Å². The van der Waals surface area contributed by atoms with Crippen molar-refractivity contribution in [3.63, 3.8) is 0 Å². The minimum Gasteiger partial charge on any atom is -0.444 e. The molecule has 1 aliphatic heterocycles. The molecule has 5 heteroatoms. The molecule has 25 heavy (non-hydrogen) atoms. The quantitative estimate of drug-likeness (QED) is 0.872. The van der Waals surface area contributed by atoms with Crippen LogP contribution in [0.15, 0.2) is 24.3 Å². The fourth-order valence-corrected chi connectivity index (χ4v) is 3.32. The van der Waals surface area contributed by atoms with Crippen molar-refractivity contribution in [3.05, 3.63) is 35.4 Å². The number of aliphatic hydroxyl groups is 2. The van der Waals surface area contributed by atoms with Gasteiger partial charge in [0.1, 0.15) is 5.60 Å². The van der Waals surface area contributed by atoms with Crippen LogP contribution in [0.25, 0.3) is 0 Å². The van der Waals surface area contributed by atoms with E-state index in [4.69, 9.17) is 9.84 Å². The van der Waals surface area contributed by atoms with Crippen LogP contribution in [0.2, 0.25) is 0 Å². The van der Waals surface area contributed by atoms with Crippen molar-refractivity contribution in [1.82, 2.24) is 4.90 Å². The molecule has 0 saturated carbocycles. The largest absolute Gasteiger partial charge is 0.444 e. The lowest BCUT2D eigenvalue weighted by atomic mass is 9.80. The molecule has 1 aliphatic rings. The lowest BCUT2D eigenvalue weighted by molar-refractivity contribution is -0.0618. The molecule has 1 saturated heterocycles. The average molecular weight is 349 g/mol. The van der Waals surface area contributed by atoms with E-state index in [1.807, 2.05) is 52.0 Å². The lowest BCUT2D eigenvalue weighted by Gasteiger charge is -2.44. The second-order valence-corrected chi connectivity index (χ2v) is 8.11. The van der Waals surface area contributed by atoms with Crippen LogP contribution < -0.4 is 0 Å². The standard InChI is InChI=1S/C20H31NO4/c1-15-6-8-16(9-7-15)17-14-20(24,10-5-13-22)11-12-21(17)18(23)25-19(2,3)4/h6-9,17,22,24H,5,10-14H2,1-4H3/t17-,20?/m0/s1. The highest BCUT2D eigenvalue weighted by molar-refractivity contribution is 5.69. The van der Waals surface area contributed by atoms with Gasteiger partial charge < -0.3 is 19.8 Å². The van der Waals surface area contributed by atoms with Gasteiger partial charge >= 0.3 is 6.09 Å². The summed E-state index contributed by atoms with van der Waals surface area (Å²) < 4.78 is 5.57. The minimum absolute atomic E-state index is 0.0628. The zero-order valence-corrected chi connectivity index (χ0v) is 15.8. The van der Waals surface area contributed by atoms with Crippen molar-refractivity contribution < 1.29 is 19.7 Å². The van der Waals surface area contributed by atoms with Gasteiger partial charge in [0.25, 0.3) is 0 Å². The van der Waals surface area contributed by atoms with Gasteiger partial charge in [-0.3, -0.25) is 0 Å². The summed E-state index contributed by atoms with van der Waals surface area (Å²) in [5.74, 6) is 0. The lowest BCUT2D eigenvalue weighted by Crippen LogP contribution is -2.49. The molecule has 1 aromatic carbocycles. The van der Waals surface area contributed by atoms with Crippen molar-refractivity contribution in [2.75, 3.05) is 13.2 Å². The van der Waals surface area contributed by atoms with Crippen molar-refractivity contribution in [2.24, 2.45) is 0 Å². The molecular formula is C20H31NO4. The van der Waals surface area contributed by atoms with E-state index in [2.05, 4.69) is 0 Å². The molecule has 2 rings (SSSR count). The van der Waals surface area contributed by atoms with E-state index < -0.39 is 11.2 Å². The van der Waals surface area contributed by atoms with Crippen LogP contribution in [0.4, 0.5) is 4.79 Å². The summed E-state index contributed by atoms with van der Waals surface area (Å²) in [7, 11) is 0. The van der Waals surface area contributed by atoms with Crippen LogP contribution in [-0.4, -0.2) is 45.6 Å².